The Kier molecular flexibility index (Phi) is 6.13. The smallest absolute Gasteiger partial charge is 0.455 e. The van der Waals surface area contributed by atoms with Crippen LogP contribution in [0.4, 0.5) is 13.2 Å². The van der Waals surface area contributed by atoms with Crippen LogP contribution in [0.2, 0.25) is 0 Å². The largest absolute Gasteiger partial charge is 0.461 e. The number of piperidine rings is 2. The summed E-state index contributed by atoms with van der Waals surface area (Å²) in [6.45, 7) is 3.51. The number of halogens is 3. The molecule has 33 heavy (non-hydrogen) atoms. The Bertz CT molecular complexity index is 945. The highest BCUT2D eigenvalue weighted by molar-refractivity contribution is 5.72. The summed E-state index contributed by atoms with van der Waals surface area (Å²) in [5.74, 6) is -1.16. The third-order valence-corrected chi connectivity index (χ3v) is 7.20. The van der Waals surface area contributed by atoms with Crippen LogP contribution in [0.25, 0.3) is 0 Å². The number of hydrogen-bond acceptors (Lipinski definition) is 7. The van der Waals surface area contributed by atoms with Crippen LogP contribution in [0.5, 0.6) is 0 Å². The van der Waals surface area contributed by atoms with Crippen molar-refractivity contribution >= 4 is 5.97 Å². The minimum absolute atomic E-state index is 0.0724. The number of rotatable bonds is 5. The number of carbonyl (C=O) groups excluding carboxylic acids is 1. The number of nitrogens with zero attached hydrogens (tertiary/aromatic N) is 4. The average Bonchev–Trinajstić information content (AvgIpc) is 3.40. The molecular formula is C23H27F3N4O3. The van der Waals surface area contributed by atoms with Gasteiger partial charge in [-0.2, -0.15) is 18.2 Å². The van der Waals surface area contributed by atoms with Gasteiger partial charge in [-0.15, -0.1) is 0 Å². The number of likely N-dealkylation sites (tertiary alicyclic amines) is 1. The van der Waals surface area contributed by atoms with E-state index >= 15 is 0 Å². The number of carbonyl (C=O) groups is 1. The van der Waals surface area contributed by atoms with Gasteiger partial charge in [0.25, 0.3) is 5.82 Å². The Morgan fingerprint density at radius 2 is 1.82 bits per heavy atom. The van der Waals surface area contributed by atoms with Crippen molar-refractivity contribution in [2.24, 2.45) is 11.8 Å². The molecule has 2 aromatic rings. The molecule has 0 N–H and O–H groups in total. The van der Waals surface area contributed by atoms with Gasteiger partial charge < -0.3 is 9.26 Å². The number of aromatic nitrogens is 2. The van der Waals surface area contributed by atoms with E-state index in [9.17, 15) is 18.0 Å². The molecule has 0 amide bonds. The minimum atomic E-state index is -4.60. The van der Waals surface area contributed by atoms with Crippen molar-refractivity contribution < 1.29 is 27.2 Å². The molecule has 2 bridgehead atoms. The summed E-state index contributed by atoms with van der Waals surface area (Å²) in [5.41, 5.74) is 0.980. The number of fused-ring (bicyclic) bond motifs is 2. The van der Waals surface area contributed by atoms with Crippen LogP contribution in [-0.2, 0) is 22.3 Å². The first-order valence-corrected chi connectivity index (χ1v) is 11.5. The summed E-state index contributed by atoms with van der Waals surface area (Å²) in [6.07, 6.45) is -1.28. The molecule has 0 radical (unpaired) electrons. The highest BCUT2D eigenvalue weighted by Crippen LogP contribution is 2.45. The van der Waals surface area contributed by atoms with E-state index < -0.39 is 12.0 Å². The molecule has 4 atom stereocenters. The molecule has 0 aliphatic carbocycles. The van der Waals surface area contributed by atoms with Gasteiger partial charge in [0.2, 0.25) is 5.89 Å². The number of alkyl halides is 3. The first kappa shape index (κ1) is 22.3. The molecule has 0 spiro atoms. The predicted octanol–water partition coefficient (Wildman–Crippen LogP) is 3.68. The van der Waals surface area contributed by atoms with Gasteiger partial charge in [-0.3, -0.25) is 14.6 Å². The second-order valence-corrected chi connectivity index (χ2v) is 9.24. The molecule has 3 aliphatic heterocycles. The van der Waals surface area contributed by atoms with E-state index in [1.807, 2.05) is 30.3 Å². The second kappa shape index (κ2) is 9.06. The fourth-order valence-corrected chi connectivity index (χ4v) is 5.51. The normalized spacial score (nSPS) is 28.7. The van der Waals surface area contributed by atoms with Crippen molar-refractivity contribution in [1.82, 2.24) is 19.9 Å². The average molecular weight is 464 g/mol. The molecule has 3 saturated heterocycles. The van der Waals surface area contributed by atoms with Gasteiger partial charge in [-0.1, -0.05) is 35.5 Å². The van der Waals surface area contributed by atoms with Gasteiger partial charge in [0.1, 0.15) is 6.61 Å². The highest BCUT2D eigenvalue weighted by atomic mass is 19.4. The zero-order valence-electron chi connectivity index (χ0n) is 18.2. The lowest BCUT2D eigenvalue weighted by Crippen LogP contribution is -2.51. The molecule has 10 heteroatoms. The van der Waals surface area contributed by atoms with Crippen molar-refractivity contribution in [2.45, 2.75) is 50.6 Å². The van der Waals surface area contributed by atoms with E-state index in [1.165, 1.54) is 0 Å². The van der Waals surface area contributed by atoms with Crippen LogP contribution in [-0.4, -0.2) is 58.1 Å². The Balaban J connectivity index is 1.13. The van der Waals surface area contributed by atoms with Crippen molar-refractivity contribution in [2.75, 3.05) is 26.2 Å². The Morgan fingerprint density at radius 3 is 2.48 bits per heavy atom. The molecular weight excluding hydrogens is 437 g/mol. The maximum absolute atomic E-state index is 12.9. The van der Waals surface area contributed by atoms with Gasteiger partial charge in [0, 0.05) is 12.6 Å². The third-order valence-electron chi connectivity index (χ3n) is 7.20. The van der Waals surface area contributed by atoms with Crippen molar-refractivity contribution in [3.05, 3.63) is 47.6 Å². The summed E-state index contributed by atoms with van der Waals surface area (Å²) in [5, 5.41) is 3.14. The lowest BCUT2D eigenvalue weighted by molar-refractivity contribution is -0.152. The van der Waals surface area contributed by atoms with Crippen LogP contribution < -0.4 is 0 Å². The lowest BCUT2D eigenvalue weighted by Gasteiger charge is -2.43. The zero-order valence-corrected chi connectivity index (χ0v) is 18.2. The van der Waals surface area contributed by atoms with Crippen LogP contribution >= 0.6 is 0 Å². The number of hydrogen-bond donors (Lipinski definition) is 0. The first-order chi connectivity index (χ1) is 15.9. The van der Waals surface area contributed by atoms with E-state index in [2.05, 4.69) is 19.9 Å². The Labute approximate surface area is 189 Å². The van der Waals surface area contributed by atoms with Gasteiger partial charge in [0.15, 0.2) is 0 Å². The second-order valence-electron chi connectivity index (χ2n) is 9.24. The highest BCUT2D eigenvalue weighted by Gasteiger charge is 2.47. The van der Waals surface area contributed by atoms with Gasteiger partial charge >= 0.3 is 12.1 Å². The summed E-state index contributed by atoms with van der Waals surface area (Å²) < 4.78 is 49.1. The van der Waals surface area contributed by atoms with Crippen LogP contribution in [0, 0.1) is 11.8 Å². The molecule has 178 valence electrons. The van der Waals surface area contributed by atoms with Crippen molar-refractivity contribution in [1.29, 1.82) is 0 Å². The van der Waals surface area contributed by atoms with Crippen LogP contribution in [0.3, 0.4) is 0 Å². The zero-order chi connectivity index (χ0) is 23.0. The van der Waals surface area contributed by atoms with E-state index in [4.69, 9.17) is 9.26 Å². The molecule has 3 aliphatic rings. The topological polar surface area (TPSA) is 71.7 Å². The van der Waals surface area contributed by atoms with Crippen molar-refractivity contribution in [3.63, 3.8) is 0 Å². The minimum Gasteiger partial charge on any atom is -0.461 e. The summed E-state index contributed by atoms with van der Waals surface area (Å²) in [6, 6.07) is 9.73. The first-order valence-electron chi connectivity index (χ1n) is 11.5. The summed E-state index contributed by atoms with van der Waals surface area (Å²) in [4.78, 5) is 20.7. The van der Waals surface area contributed by atoms with E-state index in [1.54, 1.807) is 0 Å². The summed E-state index contributed by atoms with van der Waals surface area (Å²) in [7, 11) is 0. The maximum Gasteiger partial charge on any atom is 0.455 e. The van der Waals surface area contributed by atoms with E-state index in [0.717, 1.165) is 57.4 Å². The molecule has 5 rings (SSSR count). The van der Waals surface area contributed by atoms with Crippen molar-refractivity contribution in [3.8, 4) is 0 Å². The molecule has 3 fully saturated rings. The lowest BCUT2D eigenvalue weighted by atomic mass is 9.87. The van der Waals surface area contributed by atoms with E-state index in [0.29, 0.717) is 12.6 Å². The van der Waals surface area contributed by atoms with Gasteiger partial charge in [0.05, 0.1) is 12.0 Å². The summed E-state index contributed by atoms with van der Waals surface area (Å²) >= 11 is 0. The maximum atomic E-state index is 12.9. The number of benzene rings is 1. The van der Waals surface area contributed by atoms with Gasteiger partial charge in [-0.25, -0.2) is 0 Å². The molecule has 4 unspecified atom stereocenters. The number of esters is 1. The molecule has 1 aromatic carbocycles. The third kappa shape index (κ3) is 4.77. The standard InChI is InChI=1S/C23H27F3N4O3/c24-23(25,26)22-27-20(33-28-22)19-17-8-11-30(19)13-18(12-17)29-9-6-16(7-10-29)21(31)32-14-15-4-2-1-3-5-15/h1-5,16-19H,6-14H2. The molecule has 4 heterocycles. The Hall–Kier alpha value is -2.46. The van der Waals surface area contributed by atoms with Crippen LogP contribution in [0.1, 0.15) is 49.0 Å². The van der Waals surface area contributed by atoms with Crippen LogP contribution in [0.15, 0.2) is 34.9 Å². The molecule has 7 nitrogen and oxygen atoms in total. The molecule has 1 aromatic heterocycles. The predicted molar refractivity (Wildman–Crippen MR) is 111 cm³/mol. The fraction of sp³-hybridized carbons (Fsp3) is 0.609. The SMILES string of the molecule is O=C(OCc1ccccc1)C1CCN(C2CC3CCN(C2)C3c2nc(C(F)(F)F)no2)CC1. The Morgan fingerprint density at radius 1 is 1.09 bits per heavy atom. The number of ether oxygens (including phenoxy) is 1. The van der Waals surface area contributed by atoms with E-state index in [-0.39, 0.29) is 29.7 Å². The monoisotopic (exact) mass is 464 g/mol. The van der Waals surface area contributed by atoms with Gasteiger partial charge in [-0.05, 0) is 56.8 Å². The fourth-order valence-electron chi connectivity index (χ4n) is 5.51. The molecule has 0 saturated carbocycles. The quantitative estimate of drug-likeness (QED) is 0.625.